The van der Waals surface area contributed by atoms with Crippen LogP contribution in [0.2, 0.25) is 5.02 Å². The molecular formula is C15H14ClNO2. The number of phenolic OH excluding ortho intramolecular Hbond substituents is 1. The van der Waals surface area contributed by atoms with Gasteiger partial charge in [-0.3, -0.25) is 4.79 Å². The third-order valence-corrected chi connectivity index (χ3v) is 3.05. The van der Waals surface area contributed by atoms with Crippen LogP contribution in [0, 0.1) is 0 Å². The molecule has 0 aliphatic rings. The van der Waals surface area contributed by atoms with Gasteiger partial charge in [-0.2, -0.15) is 0 Å². The molecule has 0 unspecified atom stereocenters. The zero-order valence-electron chi connectivity index (χ0n) is 10.5. The molecule has 0 saturated carbocycles. The molecular weight excluding hydrogens is 262 g/mol. The number of halogens is 1. The maximum atomic E-state index is 12.2. The molecule has 2 rings (SSSR count). The van der Waals surface area contributed by atoms with Crippen molar-refractivity contribution in [1.82, 2.24) is 4.90 Å². The van der Waals surface area contributed by atoms with E-state index in [2.05, 4.69) is 0 Å². The van der Waals surface area contributed by atoms with Crippen LogP contribution in [0.1, 0.15) is 15.9 Å². The van der Waals surface area contributed by atoms with E-state index in [9.17, 15) is 9.90 Å². The number of phenols is 1. The summed E-state index contributed by atoms with van der Waals surface area (Å²) in [5.41, 5.74) is 1.56. The first-order valence-electron chi connectivity index (χ1n) is 5.85. The fraction of sp³-hybridized carbons (Fsp3) is 0.133. The van der Waals surface area contributed by atoms with E-state index < -0.39 is 0 Å². The van der Waals surface area contributed by atoms with Gasteiger partial charge in [-0.05, 0) is 42.0 Å². The number of rotatable bonds is 3. The largest absolute Gasteiger partial charge is 0.508 e. The Morgan fingerprint density at radius 2 is 1.68 bits per heavy atom. The molecule has 0 atom stereocenters. The molecule has 1 N–H and O–H groups in total. The second kappa shape index (κ2) is 5.76. The molecule has 4 heteroatoms. The highest BCUT2D eigenvalue weighted by atomic mass is 35.5. The lowest BCUT2D eigenvalue weighted by molar-refractivity contribution is 0.0785. The first-order valence-corrected chi connectivity index (χ1v) is 6.23. The summed E-state index contributed by atoms with van der Waals surface area (Å²) >= 11 is 5.79. The maximum Gasteiger partial charge on any atom is 0.253 e. The number of aromatic hydroxyl groups is 1. The van der Waals surface area contributed by atoms with Crippen molar-refractivity contribution in [3.05, 3.63) is 64.7 Å². The van der Waals surface area contributed by atoms with Crippen molar-refractivity contribution in [2.24, 2.45) is 0 Å². The van der Waals surface area contributed by atoms with Crippen molar-refractivity contribution in [3.8, 4) is 5.75 Å². The van der Waals surface area contributed by atoms with Crippen molar-refractivity contribution >= 4 is 17.5 Å². The number of hydrogen-bond donors (Lipinski definition) is 1. The number of nitrogens with zero attached hydrogens (tertiary/aromatic N) is 1. The van der Waals surface area contributed by atoms with Gasteiger partial charge in [0.1, 0.15) is 5.75 Å². The summed E-state index contributed by atoms with van der Waals surface area (Å²) in [7, 11) is 1.74. The van der Waals surface area contributed by atoms with Crippen LogP contribution in [0.5, 0.6) is 5.75 Å². The zero-order chi connectivity index (χ0) is 13.8. The average molecular weight is 276 g/mol. The van der Waals surface area contributed by atoms with Crippen molar-refractivity contribution in [1.29, 1.82) is 0 Å². The van der Waals surface area contributed by atoms with Crippen LogP contribution in [-0.2, 0) is 6.54 Å². The molecule has 0 fully saturated rings. The van der Waals surface area contributed by atoms with Gasteiger partial charge < -0.3 is 10.0 Å². The summed E-state index contributed by atoms with van der Waals surface area (Å²) in [4.78, 5) is 13.8. The molecule has 0 radical (unpaired) electrons. The molecule has 0 bridgehead atoms. The van der Waals surface area contributed by atoms with Gasteiger partial charge in [0.2, 0.25) is 0 Å². The van der Waals surface area contributed by atoms with Crippen LogP contribution in [0.4, 0.5) is 0 Å². The molecule has 0 spiro atoms. The lowest BCUT2D eigenvalue weighted by Crippen LogP contribution is -2.26. The molecule has 3 nitrogen and oxygen atoms in total. The van der Waals surface area contributed by atoms with Crippen molar-refractivity contribution in [2.75, 3.05) is 7.05 Å². The van der Waals surface area contributed by atoms with Gasteiger partial charge in [0.15, 0.2) is 0 Å². The lowest BCUT2D eigenvalue weighted by Gasteiger charge is -2.17. The molecule has 1 amide bonds. The van der Waals surface area contributed by atoms with Gasteiger partial charge in [0.05, 0.1) is 0 Å². The van der Waals surface area contributed by atoms with E-state index in [-0.39, 0.29) is 11.7 Å². The summed E-state index contributed by atoms with van der Waals surface area (Å²) in [5.74, 6) is 0.153. The smallest absolute Gasteiger partial charge is 0.253 e. The van der Waals surface area contributed by atoms with Gasteiger partial charge >= 0.3 is 0 Å². The Morgan fingerprint density at radius 3 is 2.26 bits per heavy atom. The first kappa shape index (κ1) is 13.4. The first-order chi connectivity index (χ1) is 9.06. The van der Waals surface area contributed by atoms with Gasteiger partial charge in [0, 0.05) is 24.2 Å². The lowest BCUT2D eigenvalue weighted by atomic mass is 10.1. The van der Waals surface area contributed by atoms with Gasteiger partial charge in [-0.15, -0.1) is 0 Å². The van der Waals surface area contributed by atoms with Crippen LogP contribution in [-0.4, -0.2) is 23.0 Å². The maximum absolute atomic E-state index is 12.2. The highest BCUT2D eigenvalue weighted by Crippen LogP contribution is 2.14. The molecule has 0 heterocycles. The van der Waals surface area contributed by atoms with E-state index in [0.29, 0.717) is 17.1 Å². The molecule has 0 aliphatic carbocycles. The van der Waals surface area contributed by atoms with E-state index in [0.717, 1.165) is 5.56 Å². The number of hydrogen-bond acceptors (Lipinski definition) is 2. The molecule has 0 saturated heterocycles. The summed E-state index contributed by atoms with van der Waals surface area (Å²) in [5, 5.41) is 9.82. The standard InChI is InChI=1S/C15H14ClNO2/c1-17(10-11-2-8-14(18)9-3-11)15(19)12-4-6-13(16)7-5-12/h2-9,18H,10H2,1H3. The Hall–Kier alpha value is -2.00. The Morgan fingerprint density at radius 1 is 1.11 bits per heavy atom. The molecule has 0 aliphatic heterocycles. The number of carbonyl (C=O) groups is 1. The fourth-order valence-corrected chi connectivity index (χ4v) is 1.89. The van der Waals surface area contributed by atoms with Gasteiger partial charge in [-0.25, -0.2) is 0 Å². The Bertz CT molecular complexity index is 564. The van der Waals surface area contributed by atoms with E-state index in [4.69, 9.17) is 11.6 Å². The quantitative estimate of drug-likeness (QED) is 0.933. The zero-order valence-corrected chi connectivity index (χ0v) is 11.3. The van der Waals surface area contributed by atoms with Gasteiger partial charge in [-0.1, -0.05) is 23.7 Å². The van der Waals surface area contributed by atoms with E-state index in [1.165, 1.54) is 0 Å². The van der Waals surface area contributed by atoms with Crippen LogP contribution in [0.25, 0.3) is 0 Å². The van der Waals surface area contributed by atoms with Gasteiger partial charge in [0.25, 0.3) is 5.91 Å². The molecule has 98 valence electrons. The summed E-state index contributed by atoms with van der Waals surface area (Å²) in [6.07, 6.45) is 0. The SMILES string of the molecule is CN(Cc1ccc(O)cc1)C(=O)c1ccc(Cl)cc1. The van der Waals surface area contributed by atoms with Crippen molar-refractivity contribution < 1.29 is 9.90 Å². The predicted octanol–water partition coefficient (Wildman–Crippen LogP) is 3.32. The third kappa shape index (κ3) is 3.48. The van der Waals surface area contributed by atoms with E-state index in [1.807, 2.05) is 0 Å². The highest BCUT2D eigenvalue weighted by Gasteiger charge is 2.11. The summed E-state index contributed by atoms with van der Waals surface area (Å²) in [6.45, 7) is 0.488. The molecule has 2 aromatic rings. The third-order valence-electron chi connectivity index (χ3n) is 2.79. The number of amides is 1. The van der Waals surface area contributed by atoms with Crippen LogP contribution in [0.3, 0.4) is 0 Å². The second-order valence-electron chi connectivity index (χ2n) is 4.33. The summed E-state index contributed by atoms with van der Waals surface area (Å²) in [6, 6.07) is 13.6. The number of benzene rings is 2. The second-order valence-corrected chi connectivity index (χ2v) is 4.77. The Balaban J connectivity index is 2.07. The normalized spacial score (nSPS) is 10.2. The average Bonchev–Trinajstić information content (AvgIpc) is 2.41. The van der Waals surface area contributed by atoms with E-state index >= 15 is 0 Å². The van der Waals surface area contributed by atoms with E-state index in [1.54, 1.807) is 60.5 Å². The predicted molar refractivity (Wildman–Crippen MR) is 75.4 cm³/mol. The minimum atomic E-state index is -0.0651. The van der Waals surface area contributed by atoms with Crippen LogP contribution >= 0.6 is 11.6 Å². The van der Waals surface area contributed by atoms with Crippen LogP contribution < -0.4 is 0 Å². The van der Waals surface area contributed by atoms with Crippen molar-refractivity contribution in [2.45, 2.75) is 6.54 Å². The summed E-state index contributed by atoms with van der Waals surface area (Å²) < 4.78 is 0. The molecule has 2 aromatic carbocycles. The molecule has 0 aromatic heterocycles. The minimum Gasteiger partial charge on any atom is -0.508 e. The topological polar surface area (TPSA) is 40.5 Å². The Labute approximate surface area is 117 Å². The monoisotopic (exact) mass is 275 g/mol. The number of carbonyl (C=O) groups excluding carboxylic acids is 1. The highest BCUT2D eigenvalue weighted by molar-refractivity contribution is 6.30. The Kier molecular flexibility index (Phi) is 4.07. The van der Waals surface area contributed by atoms with Crippen LogP contribution in [0.15, 0.2) is 48.5 Å². The minimum absolute atomic E-state index is 0.0651. The fourth-order valence-electron chi connectivity index (χ4n) is 1.76. The molecule has 19 heavy (non-hydrogen) atoms. The van der Waals surface area contributed by atoms with Crippen molar-refractivity contribution in [3.63, 3.8) is 0 Å².